The van der Waals surface area contributed by atoms with Crippen molar-refractivity contribution in [3.63, 3.8) is 0 Å². The molecule has 7 nitrogen and oxygen atoms in total. The molecule has 0 aliphatic carbocycles. The van der Waals surface area contributed by atoms with E-state index in [0.717, 1.165) is 11.1 Å². The van der Waals surface area contributed by atoms with E-state index in [4.69, 9.17) is 15.0 Å². The molecule has 3 N–H and O–H groups in total. The Balaban J connectivity index is 0.000000675. The van der Waals surface area contributed by atoms with Crippen LogP contribution in [-0.2, 0) is 14.4 Å². The summed E-state index contributed by atoms with van der Waals surface area (Å²) in [5.74, 6) is -3.77. The third-order valence-corrected chi connectivity index (χ3v) is 4.74. The third kappa shape index (κ3) is 10.2. The van der Waals surface area contributed by atoms with E-state index in [1.165, 1.54) is 0 Å². The monoisotopic (exact) mass is 468 g/mol. The maximum atomic E-state index is 12.8. The highest BCUT2D eigenvalue weighted by atomic mass is 19.4. The minimum absolute atomic E-state index is 0.0357. The Bertz CT molecular complexity index is 892. The smallest absolute Gasteiger partial charge is 0.481 e. The zero-order valence-electron chi connectivity index (χ0n) is 18.2. The van der Waals surface area contributed by atoms with Crippen molar-refractivity contribution >= 4 is 17.8 Å². The molecular formula is C23H27F3N2O5. The van der Waals surface area contributed by atoms with E-state index in [1.54, 1.807) is 4.90 Å². The van der Waals surface area contributed by atoms with E-state index in [0.29, 0.717) is 0 Å². The van der Waals surface area contributed by atoms with Gasteiger partial charge in [-0.1, -0.05) is 60.7 Å². The number of nitrogens with zero attached hydrogens (tertiary/aromatic N) is 1. The van der Waals surface area contributed by atoms with Crippen LogP contribution in [0.2, 0.25) is 0 Å². The second-order valence-corrected chi connectivity index (χ2v) is 7.13. The van der Waals surface area contributed by atoms with Crippen molar-refractivity contribution in [1.29, 1.82) is 0 Å². The summed E-state index contributed by atoms with van der Waals surface area (Å²) in [5.41, 5.74) is 2.09. The van der Waals surface area contributed by atoms with E-state index in [1.807, 2.05) is 74.5 Å². The average Bonchev–Trinajstić information content (AvgIpc) is 2.78. The second kappa shape index (κ2) is 13.2. The Labute approximate surface area is 189 Å². The van der Waals surface area contributed by atoms with Crippen LogP contribution in [0.3, 0.4) is 0 Å². The highest BCUT2D eigenvalue weighted by Crippen LogP contribution is 2.20. The third-order valence-electron chi connectivity index (χ3n) is 4.74. The molecule has 10 heteroatoms. The number of hydrogen-bond donors (Lipinski definition) is 3. The summed E-state index contributed by atoms with van der Waals surface area (Å²) in [6.45, 7) is 4.28. The normalized spacial score (nSPS) is 12.6. The van der Waals surface area contributed by atoms with Crippen LogP contribution < -0.4 is 5.32 Å². The summed E-state index contributed by atoms with van der Waals surface area (Å²) < 4.78 is 31.7. The van der Waals surface area contributed by atoms with Gasteiger partial charge in [0.25, 0.3) is 0 Å². The van der Waals surface area contributed by atoms with Crippen LogP contribution in [0, 0.1) is 0 Å². The standard InChI is InChI=1S/C21H26N2O3.C2HF3O2/c1-16(18-9-5-3-6-10-18)22-15-20(24)23(14-13-21(25)26)17(2)19-11-7-4-8-12-19;3-2(4,5)1(6)7/h3-12,16-17,22H,13-15H2,1-2H3,(H,25,26);(H,6,7)/t16-,17-;/m0./s1. The lowest BCUT2D eigenvalue weighted by Gasteiger charge is -2.30. The van der Waals surface area contributed by atoms with Crippen molar-refractivity contribution in [1.82, 2.24) is 10.2 Å². The zero-order valence-corrected chi connectivity index (χ0v) is 18.2. The fraction of sp³-hybridized carbons (Fsp3) is 0.348. The van der Waals surface area contributed by atoms with Crippen molar-refractivity contribution in [2.45, 2.75) is 38.5 Å². The second-order valence-electron chi connectivity index (χ2n) is 7.13. The van der Waals surface area contributed by atoms with Gasteiger partial charge >= 0.3 is 18.1 Å². The first-order valence-corrected chi connectivity index (χ1v) is 10.1. The molecular weight excluding hydrogens is 441 g/mol. The molecule has 2 rings (SSSR count). The van der Waals surface area contributed by atoms with E-state index in [-0.39, 0.29) is 37.5 Å². The van der Waals surface area contributed by atoms with Crippen LogP contribution in [0.4, 0.5) is 13.2 Å². The molecule has 0 radical (unpaired) electrons. The fourth-order valence-corrected chi connectivity index (χ4v) is 2.86. The predicted molar refractivity (Wildman–Crippen MR) is 115 cm³/mol. The number of amides is 1. The summed E-state index contributed by atoms with van der Waals surface area (Å²) in [6, 6.07) is 19.4. The van der Waals surface area contributed by atoms with Gasteiger partial charge in [-0.15, -0.1) is 0 Å². The Hall–Kier alpha value is -3.40. The van der Waals surface area contributed by atoms with Crippen molar-refractivity contribution in [2.75, 3.05) is 13.1 Å². The first kappa shape index (κ1) is 27.6. The fourth-order valence-electron chi connectivity index (χ4n) is 2.86. The molecule has 2 atom stereocenters. The van der Waals surface area contributed by atoms with Crippen molar-refractivity contribution in [3.8, 4) is 0 Å². The molecule has 2 aromatic carbocycles. The van der Waals surface area contributed by atoms with Crippen molar-refractivity contribution in [3.05, 3.63) is 71.8 Å². The average molecular weight is 468 g/mol. The van der Waals surface area contributed by atoms with Gasteiger partial charge in [-0.3, -0.25) is 9.59 Å². The summed E-state index contributed by atoms with van der Waals surface area (Å²) >= 11 is 0. The van der Waals surface area contributed by atoms with Gasteiger partial charge in [0.1, 0.15) is 0 Å². The highest BCUT2D eigenvalue weighted by Gasteiger charge is 2.38. The van der Waals surface area contributed by atoms with Crippen LogP contribution in [0.25, 0.3) is 0 Å². The van der Waals surface area contributed by atoms with Gasteiger partial charge < -0.3 is 20.4 Å². The van der Waals surface area contributed by atoms with Crippen LogP contribution in [0.5, 0.6) is 0 Å². The first-order valence-electron chi connectivity index (χ1n) is 10.1. The molecule has 0 aliphatic heterocycles. The maximum absolute atomic E-state index is 12.8. The van der Waals surface area contributed by atoms with E-state index < -0.39 is 18.1 Å². The van der Waals surface area contributed by atoms with E-state index >= 15 is 0 Å². The number of carboxylic acid groups (broad SMARTS) is 2. The van der Waals surface area contributed by atoms with Gasteiger partial charge in [0.2, 0.25) is 5.91 Å². The van der Waals surface area contributed by atoms with Crippen LogP contribution >= 0.6 is 0 Å². The number of benzene rings is 2. The molecule has 0 spiro atoms. The van der Waals surface area contributed by atoms with Crippen molar-refractivity contribution in [2.24, 2.45) is 0 Å². The summed E-state index contributed by atoms with van der Waals surface area (Å²) in [4.78, 5) is 34.3. The first-order chi connectivity index (χ1) is 15.4. The molecule has 0 unspecified atom stereocenters. The number of carbonyl (C=O) groups is 3. The number of hydrogen-bond acceptors (Lipinski definition) is 4. The van der Waals surface area contributed by atoms with Crippen molar-refractivity contribution < 1.29 is 37.8 Å². The molecule has 0 fully saturated rings. The number of aliphatic carboxylic acids is 2. The Morgan fingerprint density at radius 2 is 1.36 bits per heavy atom. The zero-order chi connectivity index (χ0) is 25.0. The SMILES string of the molecule is C[C@H](NCC(=O)N(CCC(=O)O)[C@@H](C)c1ccccc1)c1ccccc1.O=C(O)C(F)(F)F. The molecule has 0 heterocycles. The molecule has 0 saturated carbocycles. The molecule has 2 aromatic rings. The Kier molecular flexibility index (Phi) is 11.1. The highest BCUT2D eigenvalue weighted by molar-refractivity contribution is 5.79. The van der Waals surface area contributed by atoms with E-state index in [9.17, 15) is 22.8 Å². The molecule has 0 bridgehead atoms. The molecule has 33 heavy (non-hydrogen) atoms. The number of rotatable bonds is 9. The molecule has 0 saturated heterocycles. The predicted octanol–water partition coefficient (Wildman–Crippen LogP) is 4.04. The molecule has 0 aromatic heterocycles. The topological polar surface area (TPSA) is 107 Å². The van der Waals surface area contributed by atoms with Gasteiger partial charge in [0, 0.05) is 12.6 Å². The minimum Gasteiger partial charge on any atom is -0.481 e. The lowest BCUT2D eigenvalue weighted by molar-refractivity contribution is -0.192. The quantitative estimate of drug-likeness (QED) is 0.513. The van der Waals surface area contributed by atoms with Gasteiger partial charge in [-0.25, -0.2) is 4.79 Å². The lowest BCUT2D eigenvalue weighted by atomic mass is 10.1. The summed E-state index contributed by atoms with van der Waals surface area (Å²) in [7, 11) is 0. The van der Waals surface area contributed by atoms with Crippen LogP contribution in [0.1, 0.15) is 43.5 Å². The Morgan fingerprint density at radius 1 is 0.909 bits per heavy atom. The van der Waals surface area contributed by atoms with Crippen LogP contribution in [0.15, 0.2) is 60.7 Å². The Morgan fingerprint density at radius 3 is 1.79 bits per heavy atom. The van der Waals surface area contributed by atoms with Gasteiger partial charge in [-0.2, -0.15) is 13.2 Å². The number of carbonyl (C=O) groups excluding carboxylic acids is 1. The summed E-state index contributed by atoms with van der Waals surface area (Å²) in [6.07, 6.45) is -5.16. The number of carboxylic acids is 2. The van der Waals surface area contributed by atoms with Gasteiger partial charge in [-0.05, 0) is 25.0 Å². The largest absolute Gasteiger partial charge is 0.490 e. The van der Waals surface area contributed by atoms with Gasteiger partial charge in [0.15, 0.2) is 0 Å². The lowest BCUT2D eigenvalue weighted by Crippen LogP contribution is -2.41. The number of alkyl halides is 3. The maximum Gasteiger partial charge on any atom is 0.490 e. The van der Waals surface area contributed by atoms with Gasteiger partial charge in [0.05, 0.1) is 19.0 Å². The molecule has 1 amide bonds. The minimum atomic E-state index is -5.08. The summed E-state index contributed by atoms with van der Waals surface area (Å²) in [5, 5.41) is 19.4. The number of nitrogens with one attached hydrogen (secondary N) is 1. The van der Waals surface area contributed by atoms with Crippen LogP contribution in [-0.4, -0.2) is 52.2 Å². The molecule has 0 aliphatic rings. The number of halogens is 3. The van der Waals surface area contributed by atoms with E-state index in [2.05, 4.69) is 5.32 Å². The molecule has 180 valence electrons.